The molecule has 1 aliphatic heterocycles. The summed E-state index contributed by atoms with van der Waals surface area (Å²) in [6, 6.07) is 3.78. The number of nitrogens with zero attached hydrogens (tertiary/aromatic N) is 4. The van der Waals surface area contributed by atoms with Crippen molar-refractivity contribution in [2.45, 2.75) is 50.7 Å². The van der Waals surface area contributed by atoms with E-state index in [0.717, 1.165) is 18.0 Å². The first-order valence-corrected chi connectivity index (χ1v) is 8.95. The molecule has 2 fully saturated rings. The number of hydrogen-bond donors (Lipinski definition) is 1. The molecule has 0 spiro atoms. The van der Waals surface area contributed by atoms with Crippen molar-refractivity contribution < 1.29 is 9.63 Å². The van der Waals surface area contributed by atoms with Gasteiger partial charge in [0.25, 0.3) is 0 Å². The minimum Gasteiger partial charge on any atom is -0.392 e. The van der Waals surface area contributed by atoms with Crippen LogP contribution >= 0.6 is 0 Å². The molecule has 128 valence electrons. The van der Waals surface area contributed by atoms with Gasteiger partial charge in [0.2, 0.25) is 11.7 Å². The van der Waals surface area contributed by atoms with Gasteiger partial charge >= 0.3 is 0 Å². The summed E-state index contributed by atoms with van der Waals surface area (Å²) in [6.45, 7) is 1.73. The molecule has 0 bridgehead atoms. The van der Waals surface area contributed by atoms with Gasteiger partial charge in [0.15, 0.2) is 0 Å². The van der Waals surface area contributed by atoms with E-state index >= 15 is 0 Å². The molecule has 2 aromatic rings. The molecule has 2 atom stereocenters. The Balaban J connectivity index is 1.50. The summed E-state index contributed by atoms with van der Waals surface area (Å²) in [4.78, 5) is 10.9. The van der Waals surface area contributed by atoms with Gasteiger partial charge in [0.05, 0.1) is 12.1 Å². The second-order valence-electron chi connectivity index (χ2n) is 7.06. The summed E-state index contributed by atoms with van der Waals surface area (Å²) < 4.78 is 5.54. The first kappa shape index (κ1) is 15.7. The highest BCUT2D eigenvalue weighted by Crippen LogP contribution is 2.35. The molecule has 4 rings (SSSR count). The van der Waals surface area contributed by atoms with Crippen LogP contribution in [0.3, 0.4) is 0 Å². The van der Waals surface area contributed by atoms with E-state index in [9.17, 15) is 5.11 Å². The predicted octanol–water partition coefficient (Wildman–Crippen LogP) is 2.82. The van der Waals surface area contributed by atoms with E-state index in [1.807, 2.05) is 12.1 Å². The number of aliphatic hydroxyl groups is 1. The fraction of sp³-hybridized carbons (Fsp3) is 0.611. The summed E-state index contributed by atoms with van der Waals surface area (Å²) in [7, 11) is 0. The molecule has 6 nitrogen and oxygen atoms in total. The molecule has 1 saturated carbocycles. The molecule has 0 radical (unpaired) electrons. The van der Waals surface area contributed by atoms with Crippen LogP contribution in [0.2, 0.25) is 0 Å². The number of pyridine rings is 1. The number of hydrogen-bond acceptors (Lipinski definition) is 6. The van der Waals surface area contributed by atoms with Crippen molar-refractivity contribution in [2.75, 3.05) is 13.1 Å². The van der Waals surface area contributed by atoms with Crippen molar-refractivity contribution in [1.82, 2.24) is 20.0 Å². The average molecular weight is 328 g/mol. The number of aliphatic hydroxyl groups excluding tert-OH is 1. The van der Waals surface area contributed by atoms with Gasteiger partial charge in [0, 0.05) is 31.0 Å². The highest BCUT2D eigenvalue weighted by molar-refractivity contribution is 5.52. The van der Waals surface area contributed by atoms with Crippen LogP contribution in [0, 0.1) is 5.92 Å². The molecule has 2 aromatic heterocycles. The number of β-amino-alcohol motifs (C(OH)–C–C–N with tert-alkyl or cyclic N) is 1. The van der Waals surface area contributed by atoms with Crippen LogP contribution in [0.4, 0.5) is 0 Å². The molecule has 2 aliphatic rings. The van der Waals surface area contributed by atoms with E-state index < -0.39 is 0 Å². The van der Waals surface area contributed by atoms with E-state index in [1.54, 1.807) is 12.4 Å². The maximum absolute atomic E-state index is 10.1. The molecule has 3 heterocycles. The van der Waals surface area contributed by atoms with Crippen LogP contribution in [-0.2, 0) is 0 Å². The average Bonchev–Trinajstić information content (AvgIpc) is 3.23. The number of rotatable bonds is 4. The van der Waals surface area contributed by atoms with Gasteiger partial charge in [-0.15, -0.1) is 0 Å². The van der Waals surface area contributed by atoms with Crippen LogP contribution < -0.4 is 0 Å². The Kier molecular flexibility index (Phi) is 4.58. The van der Waals surface area contributed by atoms with E-state index in [0.29, 0.717) is 24.7 Å². The lowest BCUT2D eigenvalue weighted by atomic mass is 9.89. The third-order valence-electron chi connectivity index (χ3n) is 5.26. The number of likely N-dealkylation sites (tertiary alicyclic amines) is 1. The monoisotopic (exact) mass is 328 g/mol. The van der Waals surface area contributed by atoms with Gasteiger partial charge < -0.3 is 9.63 Å². The Morgan fingerprint density at radius 1 is 1.17 bits per heavy atom. The largest absolute Gasteiger partial charge is 0.392 e. The fourth-order valence-electron chi connectivity index (χ4n) is 4.03. The minimum absolute atomic E-state index is 0.0324. The summed E-state index contributed by atoms with van der Waals surface area (Å²) in [5.41, 5.74) is 0.900. The molecule has 0 unspecified atom stereocenters. The standard InChI is InChI=1S/C18H24N4O2/c23-15-10-16(22(12-15)11-13-4-2-1-3-5-13)18-20-17(21-24-18)14-6-8-19-9-7-14/h6-9,13,15-16,23H,1-5,10-12H2/t15-,16+/m1/s1. The zero-order chi connectivity index (χ0) is 16.4. The number of aromatic nitrogens is 3. The second-order valence-corrected chi connectivity index (χ2v) is 7.06. The lowest BCUT2D eigenvalue weighted by Gasteiger charge is -2.29. The van der Waals surface area contributed by atoms with Gasteiger partial charge in [-0.1, -0.05) is 24.4 Å². The summed E-state index contributed by atoms with van der Waals surface area (Å²) >= 11 is 0. The van der Waals surface area contributed by atoms with Crippen molar-refractivity contribution in [2.24, 2.45) is 5.92 Å². The van der Waals surface area contributed by atoms with Crippen LogP contribution in [0.25, 0.3) is 11.4 Å². The summed E-state index contributed by atoms with van der Waals surface area (Å²) in [5.74, 6) is 1.94. The van der Waals surface area contributed by atoms with Gasteiger partial charge in [-0.05, 0) is 37.3 Å². The lowest BCUT2D eigenvalue weighted by molar-refractivity contribution is 0.147. The molecule has 24 heavy (non-hydrogen) atoms. The Morgan fingerprint density at radius 3 is 2.75 bits per heavy atom. The van der Waals surface area contributed by atoms with Crippen LogP contribution in [0.15, 0.2) is 29.0 Å². The predicted molar refractivity (Wildman–Crippen MR) is 89.0 cm³/mol. The molecule has 1 saturated heterocycles. The Hall–Kier alpha value is -1.79. The topological polar surface area (TPSA) is 75.3 Å². The molecule has 6 heteroatoms. The van der Waals surface area contributed by atoms with E-state index in [-0.39, 0.29) is 12.1 Å². The maximum Gasteiger partial charge on any atom is 0.244 e. The van der Waals surface area contributed by atoms with Gasteiger partial charge in [0.1, 0.15) is 0 Å². The lowest BCUT2D eigenvalue weighted by Crippen LogP contribution is -2.31. The fourth-order valence-corrected chi connectivity index (χ4v) is 4.03. The van der Waals surface area contributed by atoms with Crippen LogP contribution in [0.1, 0.15) is 50.5 Å². The van der Waals surface area contributed by atoms with Crippen molar-refractivity contribution in [3.63, 3.8) is 0 Å². The van der Waals surface area contributed by atoms with Crippen molar-refractivity contribution >= 4 is 0 Å². The Bertz CT molecular complexity index is 654. The highest BCUT2D eigenvalue weighted by atomic mass is 16.5. The summed E-state index contributed by atoms with van der Waals surface area (Å²) in [6.07, 6.45) is 10.4. The van der Waals surface area contributed by atoms with Gasteiger partial charge in [-0.2, -0.15) is 4.98 Å². The zero-order valence-corrected chi connectivity index (χ0v) is 13.8. The molecular formula is C18H24N4O2. The normalized spacial score (nSPS) is 26.0. The Morgan fingerprint density at radius 2 is 1.96 bits per heavy atom. The molecular weight excluding hydrogens is 304 g/mol. The minimum atomic E-state index is -0.310. The van der Waals surface area contributed by atoms with Crippen molar-refractivity contribution in [3.05, 3.63) is 30.4 Å². The Labute approximate surface area is 141 Å². The van der Waals surface area contributed by atoms with Crippen LogP contribution in [-0.4, -0.2) is 44.3 Å². The van der Waals surface area contributed by atoms with Gasteiger partial charge in [-0.3, -0.25) is 9.88 Å². The van der Waals surface area contributed by atoms with E-state index in [1.165, 1.54) is 32.1 Å². The second kappa shape index (κ2) is 6.99. The molecule has 1 N–H and O–H groups in total. The third kappa shape index (κ3) is 3.35. The highest BCUT2D eigenvalue weighted by Gasteiger charge is 2.37. The van der Waals surface area contributed by atoms with Crippen molar-refractivity contribution in [3.8, 4) is 11.4 Å². The van der Waals surface area contributed by atoms with E-state index in [4.69, 9.17) is 4.52 Å². The zero-order valence-electron chi connectivity index (χ0n) is 13.8. The van der Waals surface area contributed by atoms with Crippen LogP contribution in [0.5, 0.6) is 0 Å². The SMILES string of the molecule is O[C@@H]1C[C@@H](c2nc(-c3ccncc3)no2)N(CC2CCCCC2)C1. The van der Waals surface area contributed by atoms with Crippen molar-refractivity contribution in [1.29, 1.82) is 0 Å². The first-order chi connectivity index (χ1) is 11.8. The maximum atomic E-state index is 10.1. The molecule has 1 aliphatic carbocycles. The summed E-state index contributed by atoms with van der Waals surface area (Å²) in [5, 5.41) is 14.3. The molecule has 0 amide bonds. The third-order valence-corrected chi connectivity index (χ3v) is 5.26. The first-order valence-electron chi connectivity index (χ1n) is 8.95. The smallest absolute Gasteiger partial charge is 0.244 e. The molecule has 0 aromatic carbocycles. The quantitative estimate of drug-likeness (QED) is 0.930. The van der Waals surface area contributed by atoms with E-state index in [2.05, 4.69) is 20.0 Å². The van der Waals surface area contributed by atoms with Gasteiger partial charge in [-0.25, -0.2) is 0 Å².